The van der Waals surface area contributed by atoms with Crippen molar-refractivity contribution in [3.05, 3.63) is 30.3 Å². The lowest BCUT2D eigenvalue weighted by Crippen LogP contribution is -2.43. The van der Waals surface area contributed by atoms with Crippen LogP contribution in [0.25, 0.3) is 0 Å². The van der Waals surface area contributed by atoms with Crippen LogP contribution in [0.15, 0.2) is 30.3 Å². The van der Waals surface area contributed by atoms with Crippen molar-refractivity contribution < 1.29 is 0 Å². The number of hydrogen-bond acceptors (Lipinski definition) is 2. The minimum absolute atomic E-state index is 0.242. The summed E-state index contributed by atoms with van der Waals surface area (Å²) < 4.78 is 0. The monoisotopic (exact) mass is 223 g/mol. The second-order valence-corrected chi connectivity index (χ2v) is 5.38. The molecule has 0 heterocycles. The Hall–Kier alpha value is -0.630. The summed E-state index contributed by atoms with van der Waals surface area (Å²) in [7, 11) is 2.14. The molecule has 0 aliphatic rings. The Morgan fingerprint density at radius 2 is 1.73 bits per heavy atom. The summed E-state index contributed by atoms with van der Waals surface area (Å²) in [6.45, 7) is 6.77. The van der Waals surface area contributed by atoms with E-state index < -0.39 is 0 Å². The average Bonchev–Trinajstić information content (AvgIpc) is 2.18. The topological polar surface area (TPSA) is 3.24 Å². The van der Waals surface area contributed by atoms with Gasteiger partial charge in [-0.15, -0.1) is 0 Å². The molecule has 1 nitrogen and oxygen atoms in total. The second kappa shape index (κ2) is 4.93. The van der Waals surface area contributed by atoms with Gasteiger partial charge in [-0.1, -0.05) is 39.0 Å². The van der Waals surface area contributed by atoms with Gasteiger partial charge < -0.3 is 4.90 Å². The van der Waals surface area contributed by atoms with Crippen LogP contribution in [-0.4, -0.2) is 18.8 Å². The van der Waals surface area contributed by atoms with Crippen molar-refractivity contribution in [2.45, 2.75) is 26.8 Å². The molecule has 0 bridgehead atoms. The lowest BCUT2D eigenvalue weighted by molar-refractivity contribution is 0.334. The van der Waals surface area contributed by atoms with Gasteiger partial charge in [0.15, 0.2) is 0 Å². The second-order valence-electron chi connectivity index (χ2n) is 5.01. The fraction of sp³-hybridized carbons (Fsp3) is 0.538. The Balaban J connectivity index is 2.88. The van der Waals surface area contributed by atoms with E-state index in [1.165, 1.54) is 5.69 Å². The molecule has 1 rings (SSSR count). The summed E-state index contributed by atoms with van der Waals surface area (Å²) in [4.78, 5) is 2.31. The first kappa shape index (κ1) is 12.4. The van der Waals surface area contributed by atoms with Gasteiger partial charge in [0, 0.05) is 24.5 Å². The van der Waals surface area contributed by atoms with Gasteiger partial charge >= 0.3 is 0 Å². The third kappa shape index (κ3) is 3.16. The summed E-state index contributed by atoms with van der Waals surface area (Å²) in [6, 6.07) is 10.9. The van der Waals surface area contributed by atoms with E-state index in [4.69, 9.17) is 0 Å². The lowest BCUT2D eigenvalue weighted by Gasteiger charge is -2.38. The van der Waals surface area contributed by atoms with Gasteiger partial charge in [-0.3, -0.25) is 0 Å². The van der Waals surface area contributed by atoms with E-state index in [0.29, 0.717) is 6.04 Å². The average molecular weight is 223 g/mol. The van der Waals surface area contributed by atoms with E-state index in [9.17, 15) is 0 Å². The van der Waals surface area contributed by atoms with Crippen molar-refractivity contribution in [1.82, 2.24) is 0 Å². The number of nitrogens with zero attached hydrogens (tertiary/aromatic N) is 1. The smallest absolute Gasteiger partial charge is 0.0422 e. The first-order valence-corrected chi connectivity index (χ1v) is 5.99. The number of benzene rings is 1. The maximum absolute atomic E-state index is 4.46. The Bertz CT molecular complexity index is 289. The number of para-hydroxylation sites is 1. The largest absolute Gasteiger partial charge is 0.370 e. The molecule has 15 heavy (non-hydrogen) atoms. The minimum Gasteiger partial charge on any atom is -0.370 e. The minimum atomic E-state index is 0.242. The summed E-state index contributed by atoms with van der Waals surface area (Å²) in [6.07, 6.45) is 0. The number of rotatable bonds is 3. The van der Waals surface area contributed by atoms with Gasteiger partial charge in [0.2, 0.25) is 0 Å². The van der Waals surface area contributed by atoms with Crippen LogP contribution in [0.4, 0.5) is 5.69 Å². The van der Waals surface area contributed by atoms with Gasteiger partial charge in [0.25, 0.3) is 0 Å². The van der Waals surface area contributed by atoms with Gasteiger partial charge in [0.05, 0.1) is 0 Å². The number of hydrogen-bond donors (Lipinski definition) is 1. The molecule has 0 radical (unpaired) electrons. The third-order valence-electron chi connectivity index (χ3n) is 2.80. The number of thiol groups is 1. The van der Waals surface area contributed by atoms with Crippen LogP contribution in [0.1, 0.15) is 20.8 Å². The molecule has 0 fully saturated rings. The quantitative estimate of drug-likeness (QED) is 0.768. The fourth-order valence-electron chi connectivity index (χ4n) is 1.82. The molecule has 0 N–H and O–H groups in total. The van der Waals surface area contributed by atoms with Crippen molar-refractivity contribution in [2.75, 3.05) is 17.7 Å². The van der Waals surface area contributed by atoms with E-state index in [1.807, 2.05) is 6.07 Å². The molecule has 1 atom stereocenters. The summed E-state index contributed by atoms with van der Waals surface area (Å²) in [5.41, 5.74) is 1.50. The number of anilines is 1. The maximum atomic E-state index is 4.46. The predicted molar refractivity (Wildman–Crippen MR) is 71.9 cm³/mol. The molecule has 0 saturated heterocycles. The highest BCUT2D eigenvalue weighted by Crippen LogP contribution is 2.28. The van der Waals surface area contributed by atoms with E-state index >= 15 is 0 Å². The molecule has 0 spiro atoms. The molecule has 1 aromatic rings. The highest BCUT2D eigenvalue weighted by atomic mass is 32.1. The molecule has 0 aliphatic heterocycles. The van der Waals surface area contributed by atoms with Crippen LogP contribution in [0.3, 0.4) is 0 Å². The first-order valence-electron chi connectivity index (χ1n) is 5.35. The first-order chi connectivity index (χ1) is 6.96. The summed E-state index contributed by atoms with van der Waals surface area (Å²) in [5.74, 6) is 0.870. The molecule has 0 aliphatic carbocycles. The van der Waals surface area contributed by atoms with Crippen molar-refractivity contribution in [3.63, 3.8) is 0 Å². The normalized spacial score (nSPS) is 13.7. The zero-order valence-corrected chi connectivity index (χ0v) is 11.0. The third-order valence-corrected chi connectivity index (χ3v) is 3.15. The molecule has 0 aromatic heterocycles. The van der Waals surface area contributed by atoms with E-state index in [1.54, 1.807) is 0 Å². The van der Waals surface area contributed by atoms with Crippen molar-refractivity contribution >= 4 is 18.3 Å². The van der Waals surface area contributed by atoms with Crippen LogP contribution in [-0.2, 0) is 0 Å². The van der Waals surface area contributed by atoms with Crippen LogP contribution in [0, 0.1) is 5.41 Å². The van der Waals surface area contributed by atoms with Gasteiger partial charge in [-0.2, -0.15) is 12.6 Å². The van der Waals surface area contributed by atoms with Gasteiger partial charge in [-0.05, 0) is 17.5 Å². The van der Waals surface area contributed by atoms with Gasteiger partial charge in [-0.25, -0.2) is 0 Å². The molecular formula is C13H21NS. The fourth-order valence-corrected chi connectivity index (χ4v) is 2.61. The highest BCUT2D eigenvalue weighted by molar-refractivity contribution is 7.80. The summed E-state index contributed by atoms with van der Waals surface area (Å²) >= 11 is 4.46. The van der Waals surface area contributed by atoms with Crippen LogP contribution >= 0.6 is 12.6 Å². The van der Waals surface area contributed by atoms with Crippen molar-refractivity contribution in [2.24, 2.45) is 5.41 Å². The van der Waals surface area contributed by atoms with Gasteiger partial charge in [0.1, 0.15) is 0 Å². The molecule has 0 saturated carbocycles. The Kier molecular flexibility index (Phi) is 4.09. The van der Waals surface area contributed by atoms with E-state index in [2.05, 4.69) is 69.6 Å². The SMILES string of the molecule is CN(c1ccccc1)[C@H](CS)C(C)(C)C. The maximum Gasteiger partial charge on any atom is 0.0422 e. The Morgan fingerprint density at radius 3 is 2.13 bits per heavy atom. The molecule has 84 valence electrons. The van der Waals surface area contributed by atoms with Crippen molar-refractivity contribution in [3.8, 4) is 0 Å². The molecular weight excluding hydrogens is 202 g/mol. The molecule has 2 heteroatoms. The lowest BCUT2D eigenvalue weighted by atomic mass is 9.86. The van der Waals surface area contributed by atoms with E-state index in [-0.39, 0.29) is 5.41 Å². The standard InChI is InChI=1S/C13H21NS/c1-13(2,3)12(10-15)14(4)11-8-6-5-7-9-11/h5-9,12,15H,10H2,1-4H3/t12-/m1/s1. The van der Waals surface area contributed by atoms with Crippen LogP contribution in [0.5, 0.6) is 0 Å². The van der Waals surface area contributed by atoms with E-state index in [0.717, 1.165) is 5.75 Å². The molecule has 0 unspecified atom stereocenters. The van der Waals surface area contributed by atoms with Crippen LogP contribution in [0.2, 0.25) is 0 Å². The van der Waals surface area contributed by atoms with Crippen LogP contribution < -0.4 is 4.90 Å². The molecule has 1 aromatic carbocycles. The highest BCUT2D eigenvalue weighted by Gasteiger charge is 2.27. The zero-order chi connectivity index (χ0) is 11.5. The zero-order valence-electron chi connectivity index (χ0n) is 10.1. The predicted octanol–water partition coefficient (Wildman–Crippen LogP) is 3.47. The van der Waals surface area contributed by atoms with Crippen molar-refractivity contribution in [1.29, 1.82) is 0 Å². The molecule has 0 amide bonds. The summed E-state index contributed by atoms with van der Waals surface area (Å²) in [5, 5.41) is 0. The Labute approximate surface area is 98.9 Å². The Morgan fingerprint density at radius 1 is 1.20 bits per heavy atom.